The van der Waals surface area contributed by atoms with Crippen LogP contribution in [0.25, 0.3) is 0 Å². The lowest BCUT2D eigenvalue weighted by Gasteiger charge is -2.49. The second-order valence-electron chi connectivity index (χ2n) is 14.0. The number of unbranched alkanes of at least 4 members (excludes halogenated alkanes) is 2. The van der Waals surface area contributed by atoms with E-state index in [2.05, 4.69) is 63.8 Å². The molecule has 9 nitrogen and oxygen atoms in total. The smallest absolute Gasteiger partial charge is 0.259 e. The molecule has 1 fully saturated rings. The number of rotatable bonds is 21. The molecule has 2 aliphatic rings. The van der Waals surface area contributed by atoms with Crippen LogP contribution in [-0.4, -0.2) is 61.5 Å². The highest BCUT2D eigenvalue weighted by Crippen LogP contribution is 2.54. The first-order chi connectivity index (χ1) is 23.5. The lowest BCUT2D eigenvalue weighted by Crippen LogP contribution is -2.44. The molecule has 0 spiro atoms. The first kappa shape index (κ1) is 43.8. The maximum atomic E-state index is 12.8. The SMILES string of the molecule is CC.CN/C(C)=C(\CCCCCN1Cc2ccccc2C1=O)CCC1C(CCOOI)C(OP(OCCC#N)N(C)C(C)C)CCC1(C)C. The van der Waals surface area contributed by atoms with E-state index in [1.165, 1.54) is 11.3 Å². The van der Waals surface area contributed by atoms with Crippen LogP contribution in [-0.2, 0) is 23.7 Å². The van der Waals surface area contributed by atoms with Gasteiger partial charge >= 0.3 is 0 Å². The molecule has 11 heteroatoms. The minimum atomic E-state index is -1.29. The summed E-state index contributed by atoms with van der Waals surface area (Å²) in [4.78, 5) is 20.2. The van der Waals surface area contributed by atoms with E-state index in [1.54, 1.807) is 23.0 Å². The van der Waals surface area contributed by atoms with Gasteiger partial charge in [-0.15, -0.1) is 0 Å². The van der Waals surface area contributed by atoms with Crippen molar-refractivity contribution in [1.29, 1.82) is 5.26 Å². The highest BCUT2D eigenvalue weighted by molar-refractivity contribution is 14.1. The van der Waals surface area contributed by atoms with Gasteiger partial charge in [-0.2, -0.15) is 8.48 Å². The fourth-order valence-corrected chi connectivity index (χ4v) is 8.77. The van der Waals surface area contributed by atoms with E-state index in [1.807, 2.05) is 44.0 Å². The third-order valence-corrected chi connectivity index (χ3v) is 12.3. The summed E-state index contributed by atoms with van der Waals surface area (Å²) in [6, 6.07) is 10.4. The highest BCUT2D eigenvalue weighted by Gasteiger charge is 2.45. The van der Waals surface area contributed by atoms with Crippen molar-refractivity contribution in [3.8, 4) is 6.07 Å². The fraction of sp³-hybridized carbons (Fsp3) is 0.737. The van der Waals surface area contributed by atoms with Crippen LogP contribution < -0.4 is 5.32 Å². The van der Waals surface area contributed by atoms with E-state index in [0.29, 0.717) is 25.6 Å². The van der Waals surface area contributed by atoms with E-state index in [9.17, 15) is 4.79 Å². The Morgan fingerprint density at radius 3 is 2.55 bits per heavy atom. The zero-order valence-electron chi connectivity index (χ0n) is 31.7. The summed E-state index contributed by atoms with van der Waals surface area (Å²) in [6.07, 6.45) is 9.68. The number of carbonyl (C=O) groups excluding carboxylic acids is 1. The van der Waals surface area contributed by atoms with Gasteiger partial charge in [0.25, 0.3) is 14.4 Å². The molecule has 4 atom stereocenters. The molecule has 1 aromatic rings. The number of benzene rings is 1. The molecular weight excluding hydrogens is 750 g/mol. The van der Waals surface area contributed by atoms with Crippen molar-refractivity contribution < 1.29 is 21.9 Å². The van der Waals surface area contributed by atoms with Crippen molar-refractivity contribution in [3.63, 3.8) is 0 Å². The van der Waals surface area contributed by atoms with Crippen LogP contribution in [0.5, 0.6) is 0 Å². The Morgan fingerprint density at radius 1 is 1.16 bits per heavy atom. The van der Waals surface area contributed by atoms with Crippen LogP contribution >= 0.6 is 31.5 Å². The Bertz CT molecular complexity index is 1190. The molecule has 1 amide bonds. The largest absolute Gasteiger partial charge is 0.392 e. The van der Waals surface area contributed by atoms with Crippen LogP contribution in [0.1, 0.15) is 129 Å². The Hall–Kier alpha value is -1.32. The van der Waals surface area contributed by atoms with E-state index in [0.717, 1.165) is 82.0 Å². The van der Waals surface area contributed by atoms with Gasteiger partial charge in [0.2, 0.25) is 0 Å². The minimum absolute atomic E-state index is 0.0393. The molecule has 1 N–H and O–H groups in total. The highest BCUT2D eigenvalue weighted by atomic mass is 127. The van der Waals surface area contributed by atoms with E-state index in [-0.39, 0.29) is 29.4 Å². The van der Waals surface area contributed by atoms with Crippen LogP contribution in [0, 0.1) is 28.6 Å². The van der Waals surface area contributed by atoms with Gasteiger partial charge in [0.05, 0.1) is 31.8 Å². The van der Waals surface area contributed by atoms with Gasteiger partial charge in [0.15, 0.2) is 23.0 Å². The zero-order valence-corrected chi connectivity index (χ0v) is 34.8. The standard InChI is InChI=1S/C36H58IN4O5P.C2H6/c1-27(2)40(7)47(44-24-13-22-38)45-34-19-21-36(4,5)33(32(34)20-25-43-46-37)18-17-29(28(3)39-6)14-9-8-12-23-41-26-30-15-10-11-16-31(30)35(41)42;1-2/h10-11,15-16,27,32-34,39H,8-9,12-14,17-21,23-26H2,1-7H3;1-2H3/b29-28+;. The first-order valence-electron chi connectivity index (χ1n) is 18.4. The van der Waals surface area contributed by atoms with Crippen molar-refractivity contribution in [2.75, 3.05) is 33.9 Å². The number of amides is 1. The normalized spacial score (nSPS) is 21.2. The molecule has 1 aliphatic heterocycles. The van der Waals surface area contributed by atoms with Crippen molar-refractivity contribution in [2.24, 2.45) is 17.3 Å². The van der Waals surface area contributed by atoms with Crippen molar-refractivity contribution in [2.45, 2.75) is 131 Å². The van der Waals surface area contributed by atoms with Gasteiger partial charge < -0.3 is 19.3 Å². The summed E-state index contributed by atoms with van der Waals surface area (Å²) in [7, 11) is 2.78. The lowest BCUT2D eigenvalue weighted by atomic mass is 9.60. The summed E-state index contributed by atoms with van der Waals surface area (Å²) < 4.78 is 20.2. The van der Waals surface area contributed by atoms with Crippen molar-refractivity contribution in [3.05, 3.63) is 46.7 Å². The van der Waals surface area contributed by atoms with E-state index >= 15 is 0 Å². The Labute approximate surface area is 313 Å². The predicted molar refractivity (Wildman–Crippen MR) is 209 cm³/mol. The van der Waals surface area contributed by atoms with Crippen LogP contribution in [0.2, 0.25) is 0 Å². The second kappa shape index (κ2) is 23.3. The van der Waals surface area contributed by atoms with E-state index < -0.39 is 8.53 Å². The average Bonchev–Trinajstić information content (AvgIpc) is 3.42. The number of hydrogen-bond donors (Lipinski definition) is 1. The average molecular weight is 815 g/mol. The number of fused-ring (bicyclic) bond motifs is 1. The van der Waals surface area contributed by atoms with E-state index in [4.69, 9.17) is 22.4 Å². The zero-order chi connectivity index (χ0) is 36.4. The number of nitriles is 1. The molecule has 0 bridgehead atoms. The summed E-state index contributed by atoms with van der Waals surface area (Å²) in [5, 5.41) is 12.5. The third kappa shape index (κ3) is 13.6. The first-order valence-corrected chi connectivity index (χ1v) is 20.4. The minimum Gasteiger partial charge on any atom is -0.392 e. The van der Waals surface area contributed by atoms with Gasteiger partial charge in [-0.3, -0.25) is 4.79 Å². The predicted octanol–water partition coefficient (Wildman–Crippen LogP) is 10.1. The van der Waals surface area contributed by atoms with Gasteiger partial charge in [0, 0.05) is 37.4 Å². The molecule has 3 rings (SSSR count). The molecular formula is C38H64IN4O5P. The molecule has 0 saturated heterocycles. The van der Waals surface area contributed by atoms with Crippen molar-refractivity contribution >= 4 is 37.4 Å². The van der Waals surface area contributed by atoms with Gasteiger partial charge in [-0.1, -0.05) is 57.9 Å². The molecule has 1 saturated carbocycles. The molecule has 1 heterocycles. The number of nitrogens with zero attached hydrogens (tertiary/aromatic N) is 3. The quantitative estimate of drug-likeness (QED) is 0.0431. The van der Waals surface area contributed by atoms with Crippen LogP contribution in [0.4, 0.5) is 0 Å². The summed E-state index contributed by atoms with van der Waals surface area (Å²) in [5.74, 6) is 0.891. The van der Waals surface area contributed by atoms with Gasteiger partial charge in [-0.25, -0.2) is 9.56 Å². The summed E-state index contributed by atoms with van der Waals surface area (Å²) in [6.45, 7) is 17.7. The topological polar surface area (TPSA) is 96.3 Å². The maximum Gasteiger partial charge on any atom is 0.259 e. The Kier molecular flexibility index (Phi) is 20.8. The number of nitrogens with one attached hydrogen (secondary N) is 1. The summed E-state index contributed by atoms with van der Waals surface area (Å²) in [5.41, 5.74) is 4.92. The molecule has 4 unspecified atom stereocenters. The number of halogens is 1. The monoisotopic (exact) mass is 814 g/mol. The number of allylic oxidation sites excluding steroid dienone is 2. The second-order valence-corrected chi connectivity index (χ2v) is 15.9. The summed E-state index contributed by atoms with van der Waals surface area (Å²) >= 11 is 1.79. The van der Waals surface area contributed by atoms with Gasteiger partial charge in [0.1, 0.15) is 0 Å². The third-order valence-electron chi connectivity index (χ3n) is 10.3. The number of carbonyl (C=O) groups is 1. The Balaban J connectivity index is 0.00000409. The molecule has 1 aromatic carbocycles. The van der Waals surface area contributed by atoms with Gasteiger partial charge in [-0.05, 0) is 108 Å². The van der Waals surface area contributed by atoms with Crippen LogP contribution in [0.3, 0.4) is 0 Å². The number of hydrogen-bond acceptors (Lipinski definition) is 8. The molecule has 0 aromatic heterocycles. The molecule has 49 heavy (non-hydrogen) atoms. The molecule has 0 radical (unpaired) electrons. The van der Waals surface area contributed by atoms with Crippen molar-refractivity contribution in [1.82, 2.24) is 14.9 Å². The lowest BCUT2D eigenvalue weighted by molar-refractivity contribution is -0.175. The molecule has 1 aliphatic carbocycles. The maximum absolute atomic E-state index is 12.8. The fourth-order valence-electron chi connectivity index (χ4n) is 7.08. The Morgan fingerprint density at radius 2 is 1.90 bits per heavy atom. The van der Waals surface area contributed by atoms with Crippen LogP contribution in [0.15, 0.2) is 35.5 Å². The molecule has 278 valence electrons.